The molecule has 0 aromatic heterocycles. The van der Waals surface area contributed by atoms with Gasteiger partial charge in [0.1, 0.15) is 0 Å². The van der Waals surface area contributed by atoms with Gasteiger partial charge in [-0.2, -0.15) is 0 Å². The van der Waals surface area contributed by atoms with Gasteiger partial charge in [0.05, 0.1) is 5.69 Å². The fourth-order valence-electron chi connectivity index (χ4n) is 2.09. The van der Waals surface area contributed by atoms with Crippen LogP contribution in [0.1, 0.15) is 27.2 Å². The van der Waals surface area contributed by atoms with E-state index in [0.717, 1.165) is 0 Å². The topological polar surface area (TPSA) is 49.8 Å². The molecule has 1 aromatic carbocycles. The summed E-state index contributed by atoms with van der Waals surface area (Å²) >= 11 is 0. The Bertz CT molecular complexity index is 430. The van der Waals surface area contributed by atoms with Crippen molar-refractivity contribution in [1.82, 2.24) is 0 Å². The number of carbonyl (C=O) groups is 1. The first-order valence-corrected chi connectivity index (χ1v) is 5.73. The molecule has 1 fully saturated rings. The Hall–Kier alpha value is -1.55. The summed E-state index contributed by atoms with van der Waals surface area (Å²) in [4.78, 5) is 13.2. The van der Waals surface area contributed by atoms with Crippen LogP contribution in [-0.4, -0.2) is 22.5 Å². The molecule has 0 unspecified atom stereocenters. The molecule has 0 saturated carbocycles. The molecule has 4 heteroatoms. The van der Waals surface area contributed by atoms with Crippen LogP contribution in [0.5, 0.6) is 0 Å². The predicted molar refractivity (Wildman–Crippen MR) is 64.7 cm³/mol. The van der Waals surface area contributed by atoms with Crippen LogP contribution in [0.15, 0.2) is 30.3 Å². The summed E-state index contributed by atoms with van der Waals surface area (Å²) in [6, 6.07) is 9.05. The number of nitrogens with zero attached hydrogens (tertiary/aromatic N) is 1. The van der Waals surface area contributed by atoms with Crippen LogP contribution in [0.3, 0.4) is 0 Å². The molecule has 1 amide bonds. The van der Waals surface area contributed by atoms with Crippen molar-refractivity contribution >= 4 is 11.8 Å². The van der Waals surface area contributed by atoms with E-state index in [1.165, 1.54) is 4.90 Å². The summed E-state index contributed by atoms with van der Waals surface area (Å²) in [5.41, 5.74) is -1.60. The van der Waals surface area contributed by atoms with Crippen molar-refractivity contribution in [3.63, 3.8) is 0 Å². The molecule has 0 bridgehead atoms. The number of cyclic esters (lactones) is 1. The Kier molecular flexibility index (Phi) is 2.62. The van der Waals surface area contributed by atoms with E-state index in [0.29, 0.717) is 12.1 Å². The monoisotopic (exact) mass is 235 g/mol. The van der Waals surface area contributed by atoms with Gasteiger partial charge >= 0.3 is 6.09 Å². The second-order valence-electron chi connectivity index (χ2n) is 4.64. The van der Waals surface area contributed by atoms with Gasteiger partial charge in [-0.05, 0) is 32.4 Å². The van der Waals surface area contributed by atoms with Gasteiger partial charge in [0.2, 0.25) is 0 Å². The molecule has 2 atom stereocenters. The van der Waals surface area contributed by atoms with E-state index in [4.69, 9.17) is 4.74 Å². The number of rotatable bonds is 2. The zero-order chi connectivity index (χ0) is 12.7. The first-order valence-electron chi connectivity index (χ1n) is 5.73. The third kappa shape index (κ3) is 1.60. The maximum absolute atomic E-state index is 11.9. The summed E-state index contributed by atoms with van der Waals surface area (Å²) in [7, 11) is 0. The Balaban J connectivity index is 2.46. The van der Waals surface area contributed by atoms with Crippen molar-refractivity contribution in [2.45, 2.75) is 38.5 Å². The molecule has 92 valence electrons. The molecular formula is C13H17NO3. The largest absolute Gasteiger partial charge is 0.438 e. The summed E-state index contributed by atoms with van der Waals surface area (Å²) in [6.45, 7) is 5.23. The third-order valence-corrected chi connectivity index (χ3v) is 3.62. The fourth-order valence-corrected chi connectivity index (χ4v) is 2.09. The average molecular weight is 235 g/mol. The molecule has 0 spiro atoms. The number of anilines is 1. The molecule has 1 aliphatic heterocycles. The van der Waals surface area contributed by atoms with E-state index in [1.807, 2.05) is 25.1 Å². The van der Waals surface area contributed by atoms with Crippen LogP contribution in [-0.2, 0) is 4.74 Å². The van der Waals surface area contributed by atoms with Gasteiger partial charge in [0, 0.05) is 0 Å². The molecule has 0 radical (unpaired) electrons. The average Bonchev–Trinajstić information content (AvgIpc) is 2.47. The molecule has 1 heterocycles. The quantitative estimate of drug-likeness (QED) is 0.856. The number of amides is 1. The first kappa shape index (κ1) is 11.9. The minimum atomic E-state index is -1.35. The second-order valence-corrected chi connectivity index (χ2v) is 4.64. The molecule has 1 N–H and O–H groups in total. The van der Waals surface area contributed by atoms with Gasteiger partial charge < -0.3 is 9.84 Å². The minimum Gasteiger partial charge on any atom is -0.438 e. The van der Waals surface area contributed by atoms with E-state index < -0.39 is 17.4 Å². The van der Waals surface area contributed by atoms with Gasteiger partial charge in [0.15, 0.2) is 11.3 Å². The highest BCUT2D eigenvalue weighted by atomic mass is 16.6. The third-order valence-electron chi connectivity index (χ3n) is 3.62. The van der Waals surface area contributed by atoms with Crippen LogP contribution in [0.4, 0.5) is 10.5 Å². The normalized spacial score (nSPS) is 32.7. The van der Waals surface area contributed by atoms with E-state index in [-0.39, 0.29) is 0 Å². The van der Waals surface area contributed by atoms with Crippen LogP contribution in [0, 0.1) is 0 Å². The molecule has 1 aliphatic rings. The van der Waals surface area contributed by atoms with Crippen molar-refractivity contribution in [3.05, 3.63) is 30.3 Å². The van der Waals surface area contributed by atoms with Crippen molar-refractivity contribution in [3.8, 4) is 0 Å². The summed E-state index contributed by atoms with van der Waals surface area (Å²) in [5, 5.41) is 10.6. The molecule has 0 aliphatic carbocycles. The number of para-hydroxylation sites is 1. The maximum Gasteiger partial charge on any atom is 0.417 e. The number of carbonyl (C=O) groups excluding carboxylic acids is 1. The van der Waals surface area contributed by atoms with Crippen molar-refractivity contribution in [2.75, 3.05) is 4.90 Å². The van der Waals surface area contributed by atoms with Crippen molar-refractivity contribution in [2.24, 2.45) is 0 Å². The number of hydrogen-bond donors (Lipinski definition) is 1. The second kappa shape index (κ2) is 3.74. The SMILES string of the molecule is CC[C@@]1(C)OC(=O)N(c2ccccc2)[C@]1(C)O. The molecule has 1 aromatic rings. The summed E-state index contributed by atoms with van der Waals surface area (Å²) < 4.78 is 5.32. The van der Waals surface area contributed by atoms with Crippen LogP contribution in [0.25, 0.3) is 0 Å². The van der Waals surface area contributed by atoms with Gasteiger partial charge in [-0.1, -0.05) is 25.1 Å². The highest BCUT2D eigenvalue weighted by molar-refractivity contribution is 5.92. The number of ether oxygens (including phenoxy) is 1. The fraction of sp³-hybridized carbons (Fsp3) is 0.462. The lowest BCUT2D eigenvalue weighted by Crippen LogP contribution is -2.55. The standard InChI is InChI=1S/C13H17NO3/c1-4-12(2)13(3,16)14(11(15)17-12)10-8-6-5-7-9-10/h5-9,16H,4H2,1-3H3/t12-,13-/m1/s1. The Morgan fingerprint density at radius 2 is 1.88 bits per heavy atom. The lowest BCUT2D eigenvalue weighted by molar-refractivity contribution is -0.0861. The molecule has 1 saturated heterocycles. The van der Waals surface area contributed by atoms with Crippen molar-refractivity contribution < 1.29 is 14.6 Å². The zero-order valence-electron chi connectivity index (χ0n) is 10.3. The van der Waals surface area contributed by atoms with Crippen LogP contribution in [0.2, 0.25) is 0 Å². The molecular weight excluding hydrogens is 218 g/mol. The van der Waals surface area contributed by atoms with Gasteiger partial charge in [-0.3, -0.25) is 0 Å². The summed E-state index contributed by atoms with van der Waals surface area (Å²) in [5.74, 6) is 0. The van der Waals surface area contributed by atoms with E-state index in [1.54, 1.807) is 26.0 Å². The lowest BCUT2D eigenvalue weighted by Gasteiger charge is -2.36. The Morgan fingerprint density at radius 3 is 2.35 bits per heavy atom. The lowest BCUT2D eigenvalue weighted by atomic mass is 9.90. The minimum absolute atomic E-state index is 0.509. The predicted octanol–water partition coefficient (Wildman–Crippen LogP) is 2.52. The smallest absolute Gasteiger partial charge is 0.417 e. The zero-order valence-corrected chi connectivity index (χ0v) is 10.3. The first-order chi connectivity index (χ1) is 7.92. The number of benzene rings is 1. The van der Waals surface area contributed by atoms with Crippen LogP contribution >= 0.6 is 0 Å². The molecule has 4 nitrogen and oxygen atoms in total. The van der Waals surface area contributed by atoms with Gasteiger partial charge in [-0.15, -0.1) is 0 Å². The van der Waals surface area contributed by atoms with Crippen LogP contribution < -0.4 is 4.90 Å². The van der Waals surface area contributed by atoms with E-state index in [9.17, 15) is 9.90 Å². The van der Waals surface area contributed by atoms with E-state index >= 15 is 0 Å². The number of aliphatic hydroxyl groups is 1. The Labute approximate surface area is 101 Å². The number of hydrogen-bond acceptors (Lipinski definition) is 3. The Morgan fingerprint density at radius 1 is 1.29 bits per heavy atom. The summed E-state index contributed by atoms with van der Waals surface area (Å²) in [6.07, 6.45) is 0.0419. The van der Waals surface area contributed by atoms with Gasteiger partial charge in [-0.25, -0.2) is 9.69 Å². The highest BCUT2D eigenvalue weighted by Crippen LogP contribution is 2.42. The molecule has 17 heavy (non-hydrogen) atoms. The van der Waals surface area contributed by atoms with Crippen molar-refractivity contribution in [1.29, 1.82) is 0 Å². The van der Waals surface area contributed by atoms with E-state index in [2.05, 4.69) is 0 Å². The highest BCUT2D eigenvalue weighted by Gasteiger charge is 2.58. The molecule has 2 rings (SSSR count). The van der Waals surface area contributed by atoms with Gasteiger partial charge in [0.25, 0.3) is 0 Å². The maximum atomic E-state index is 11.9.